The van der Waals surface area contributed by atoms with Crippen LogP contribution in [0.4, 0.5) is 0 Å². The van der Waals surface area contributed by atoms with Crippen LogP contribution in [0.5, 0.6) is 0 Å². The Kier molecular flexibility index (Phi) is 8.21. The Morgan fingerprint density at radius 2 is 2.11 bits per heavy atom. The van der Waals surface area contributed by atoms with Gasteiger partial charge < -0.3 is 10.6 Å². The lowest BCUT2D eigenvalue weighted by molar-refractivity contribution is 0.647. The third kappa shape index (κ3) is 7.15. The molecule has 4 nitrogen and oxygen atoms in total. The summed E-state index contributed by atoms with van der Waals surface area (Å²) in [7, 11) is 0. The Morgan fingerprint density at radius 1 is 1.26 bits per heavy atom. The maximum Gasteiger partial charge on any atom is 0.191 e. The summed E-state index contributed by atoms with van der Waals surface area (Å²) in [6, 6.07) is 0. The minimum atomic E-state index is 0.704. The molecule has 0 saturated carbocycles. The van der Waals surface area contributed by atoms with Crippen molar-refractivity contribution in [3.63, 3.8) is 0 Å². The van der Waals surface area contributed by atoms with Gasteiger partial charge in [0.25, 0.3) is 0 Å². The van der Waals surface area contributed by atoms with E-state index in [0.717, 1.165) is 24.1 Å². The Hall–Kier alpha value is -1.10. The van der Waals surface area contributed by atoms with Gasteiger partial charge in [0.05, 0.1) is 11.6 Å². The monoisotopic (exact) mass is 282 g/mol. The minimum Gasteiger partial charge on any atom is -0.357 e. The summed E-state index contributed by atoms with van der Waals surface area (Å²) in [4.78, 5) is 10.0. The fraction of sp³-hybridized carbons (Fsp3) is 0.714. The van der Waals surface area contributed by atoms with E-state index in [2.05, 4.69) is 34.5 Å². The maximum absolute atomic E-state index is 4.58. The van der Waals surface area contributed by atoms with Crippen LogP contribution in [0.1, 0.15) is 49.4 Å². The van der Waals surface area contributed by atoms with Gasteiger partial charge in [-0.05, 0) is 20.3 Å². The predicted molar refractivity (Wildman–Crippen MR) is 83.8 cm³/mol. The summed E-state index contributed by atoms with van der Waals surface area (Å²) in [6.07, 6.45) is 7.00. The molecule has 0 aromatic carbocycles. The molecule has 0 radical (unpaired) electrons. The second-order valence-corrected chi connectivity index (χ2v) is 5.85. The Labute approximate surface area is 120 Å². The Balaban J connectivity index is 2.33. The molecule has 0 aliphatic heterocycles. The smallest absolute Gasteiger partial charge is 0.191 e. The highest BCUT2D eigenvalue weighted by Crippen LogP contribution is 2.12. The van der Waals surface area contributed by atoms with Gasteiger partial charge >= 0.3 is 0 Å². The van der Waals surface area contributed by atoms with Crippen LogP contribution in [0.2, 0.25) is 0 Å². The molecule has 2 N–H and O–H groups in total. The van der Waals surface area contributed by atoms with Crippen molar-refractivity contribution in [2.24, 2.45) is 4.99 Å². The third-order valence-corrected chi connectivity index (χ3v) is 3.63. The molecular weight excluding hydrogens is 256 g/mol. The van der Waals surface area contributed by atoms with Crippen molar-refractivity contribution >= 4 is 17.3 Å². The molecule has 0 saturated heterocycles. The van der Waals surface area contributed by atoms with Crippen LogP contribution in [-0.4, -0.2) is 24.0 Å². The zero-order valence-electron chi connectivity index (χ0n) is 12.3. The third-order valence-electron chi connectivity index (χ3n) is 2.73. The largest absolute Gasteiger partial charge is 0.357 e. The molecule has 0 atom stereocenters. The SMILES string of the molecule is CCCCCCNC(=NCc1cnc(C)s1)NCC. The van der Waals surface area contributed by atoms with Crippen LogP contribution in [0.25, 0.3) is 0 Å². The van der Waals surface area contributed by atoms with Gasteiger partial charge in [-0.3, -0.25) is 0 Å². The number of aryl methyl sites for hydroxylation is 1. The van der Waals surface area contributed by atoms with Crippen LogP contribution >= 0.6 is 11.3 Å². The molecule has 0 amide bonds. The van der Waals surface area contributed by atoms with Gasteiger partial charge in [-0.15, -0.1) is 11.3 Å². The molecular formula is C14H26N4S. The summed E-state index contributed by atoms with van der Waals surface area (Å²) in [5.41, 5.74) is 0. The molecule has 1 aromatic rings. The molecule has 0 unspecified atom stereocenters. The van der Waals surface area contributed by atoms with Crippen molar-refractivity contribution in [2.75, 3.05) is 13.1 Å². The first-order chi connectivity index (χ1) is 9.26. The van der Waals surface area contributed by atoms with Crippen molar-refractivity contribution in [1.82, 2.24) is 15.6 Å². The van der Waals surface area contributed by atoms with Crippen molar-refractivity contribution in [3.8, 4) is 0 Å². The molecule has 0 bridgehead atoms. The van der Waals surface area contributed by atoms with E-state index in [4.69, 9.17) is 0 Å². The first-order valence-corrected chi connectivity index (χ1v) is 8.01. The maximum atomic E-state index is 4.58. The van der Waals surface area contributed by atoms with E-state index in [0.29, 0.717) is 6.54 Å². The van der Waals surface area contributed by atoms with Gasteiger partial charge in [0.15, 0.2) is 5.96 Å². The van der Waals surface area contributed by atoms with Crippen LogP contribution in [-0.2, 0) is 6.54 Å². The summed E-state index contributed by atoms with van der Waals surface area (Å²) in [5.74, 6) is 0.907. The molecule has 0 spiro atoms. The Bertz CT molecular complexity index is 373. The highest BCUT2D eigenvalue weighted by molar-refractivity contribution is 7.11. The zero-order valence-corrected chi connectivity index (χ0v) is 13.1. The average Bonchev–Trinajstić information content (AvgIpc) is 2.81. The first-order valence-electron chi connectivity index (χ1n) is 7.19. The summed E-state index contributed by atoms with van der Waals surface area (Å²) in [5, 5.41) is 7.75. The van der Waals surface area contributed by atoms with Crippen molar-refractivity contribution in [3.05, 3.63) is 16.1 Å². The quantitative estimate of drug-likeness (QED) is 0.437. The van der Waals surface area contributed by atoms with Gasteiger partial charge in [0.2, 0.25) is 0 Å². The van der Waals surface area contributed by atoms with Crippen LogP contribution < -0.4 is 10.6 Å². The summed E-state index contributed by atoms with van der Waals surface area (Å²) in [6.45, 7) is 8.93. The number of aromatic nitrogens is 1. The number of hydrogen-bond acceptors (Lipinski definition) is 3. The molecule has 0 aliphatic carbocycles. The number of nitrogens with zero attached hydrogens (tertiary/aromatic N) is 2. The molecule has 0 fully saturated rings. The van der Waals surface area contributed by atoms with E-state index >= 15 is 0 Å². The van der Waals surface area contributed by atoms with Gasteiger partial charge in [-0.25, -0.2) is 9.98 Å². The normalized spacial score (nSPS) is 11.6. The number of rotatable bonds is 8. The van der Waals surface area contributed by atoms with Crippen LogP contribution in [0.3, 0.4) is 0 Å². The van der Waals surface area contributed by atoms with Crippen molar-refractivity contribution < 1.29 is 0 Å². The molecule has 19 heavy (non-hydrogen) atoms. The van der Waals surface area contributed by atoms with E-state index in [9.17, 15) is 0 Å². The van der Waals surface area contributed by atoms with Gasteiger partial charge in [-0.1, -0.05) is 26.2 Å². The zero-order chi connectivity index (χ0) is 13.9. The second-order valence-electron chi connectivity index (χ2n) is 4.53. The van der Waals surface area contributed by atoms with E-state index in [1.165, 1.54) is 30.6 Å². The Morgan fingerprint density at radius 3 is 2.74 bits per heavy atom. The van der Waals surface area contributed by atoms with Gasteiger partial charge in [-0.2, -0.15) is 0 Å². The summed E-state index contributed by atoms with van der Waals surface area (Å²) < 4.78 is 0. The molecule has 108 valence electrons. The number of thiazole rings is 1. The molecule has 1 rings (SSSR count). The number of nitrogens with one attached hydrogen (secondary N) is 2. The average molecular weight is 282 g/mol. The second kappa shape index (κ2) is 9.78. The van der Waals surface area contributed by atoms with Gasteiger partial charge in [0, 0.05) is 24.2 Å². The molecule has 0 aliphatic rings. The van der Waals surface area contributed by atoms with E-state index < -0.39 is 0 Å². The highest BCUT2D eigenvalue weighted by Gasteiger charge is 1.99. The number of guanidine groups is 1. The predicted octanol–water partition coefficient (Wildman–Crippen LogP) is 3.09. The summed E-state index contributed by atoms with van der Waals surface area (Å²) >= 11 is 1.71. The molecule has 1 aromatic heterocycles. The standard InChI is InChI=1S/C14H26N4S/c1-4-6-7-8-9-16-14(15-5-2)18-11-13-10-17-12(3)19-13/h10H,4-9,11H2,1-3H3,(H2,15,16,18). The topological polar surface area (TPSA) is 49.3 Å². The van der Waals surface area contributed by atoms with Gasteiger partial charge in [0.1, 0.15) is 0 Å². The first kappa shape index (κ1) is 16.0. The number of hydrogen-bond donors (Lipinski definition) is 2. The molecule has 5 heteroatoms. The van der Waals surface area contributed by atoms with E-state index in [1.54, 1.807) is 11.3 Å². The highest BCUT2D eigenvalue weighted by atomic mass is 32.1. The van der Waals surface area contributed by atoms with Crippen molar-refractivity contribution in [2.45, 2.75) is 53.0 Å². The molecule has 1 heterocycles. The van der Waals surface area contributed by atoms with Crippen LogP contribution in [0.15, 0.2) is 11.2 Å². The number of aliphatic imine (C=N–C) groups is 1. The minimum absolute atomic E-state index is 0.704. The van der Waals surface area contributed by atoms with Crippen LogP contribution in [0, 0.1) is 6.92 Å². The van der Waals surface area contributed by atoms with Crippen molar-refractivity contribution in [1.29, 1.82) is 0 Å². The fourth-order valence-electron chi connectivity index (χ4n) is 1.74. The van der Waals surface area contributed by atoms with E-state index in [-0.39, 0.29) is 0 Å². The lowest BCUT2D eigenvalue weighted by Gasteiger charge is -2.10. The lowest BCUT2D eigenvalue weighted by Crippen LogP contribution is -2.37. The number of unbranched alkanes of at least 4 members (excludes halogenated alkanes) is 3. The fourth-order valence-corrected chi connectivity index (χ4v) is 2.46. The lowest BCUT2D eigenvalue weighted by atomic mass is 10.2. The van der Waals surface area contributed by atoms with E-state index in [1.807, 2.05) is 13.1 Å².